The van der Waals surface area contributed by atoms with Gasteiger partial charge in [-0.2, -0.15) is 0 Å². The maximum atomic E-state index is 10.8. The minimum atomic E-state index is -3.06. The molecule has 17 heavy (non-hydrogen) atoms. The van der Waals surface area contributed by atoms with Crippen molar-refractivity contribution in [3.63, 3.8) is 0 Å². The summed E-state index contributed by atoms with van der Waals surface area (Å²) in [6.07, 6.45) is 4.97. The molecule has 6 heteroatoms. The van der Waals surface area contributed by atoms with Gasteiger partial charge in [0.15, 0.2) is 0 Å². The Kier molecular flexibility index (Phi) is 5.85. The lowest BCUT2D eigenvalue weighted by molar-refractivity contribution is 0.109. The molecule has 0 bridgehead atoms. The van der Waals surface area contributed by atoms with Crippen LogP contribution in [0.15, 0.2) is 0 Å². The molecule has 102 valence electrons. The van der Waals surface area contributed by atoms with Gasteiger partial charge >= 0.3 is 0 Å². The highest BCUT2D eigenvalue weighted by Crippen LogP contribution is 2.25. The largest absolute Gasteiger partial charge is 0.393 e. The molecule has 0 aromatic rings. The lowest BCUT2D eigenvalue weighted by Gasteiger charge is -2.22. The Morgan fingerprint density at radius 3 is 2.65 bits per heavy atom. The van der Waals surface area contributed by atoms with Gasteiger partial charge in [0.25, 0.3) is 0 Å². The van der Waals surface area contributed by atoms with Crippen LogP contribution in [0.3, 0.4) is 0 Å². The van der Waals surface area contributed by atoms with Crippen molar-refractivity contribution in [1.82, 2.24) is 9.62 Å². The van der Waals surface area contributed by atoms with E-state index in [0.717, 1.165) is 38.8 Å². The van der Waals surface area contributed by atoms with Gasteiger partial charge in [-0.05, 0) is 38.8 Å². The Morgan fingerprint density at radius 2 is 2.12 bits per heavy atom. The molecular weight excluding hydrogens is 240 g/mol. The highest BCUT2D eigenvalue weighted by atomic mass is 32.2. The van der Waals surface area contributed by atoms with Crippen LogP contribution < -0.4 is 4.72 Å². The first-order valence-corrected chi connectivity index (χ1v) is 8.09. The van der Waals surface area contributed by atoms with Crippen molar-refractivity contribution in [3.8, 4) is 0 Å². The summed E-state index contributed by atoms with van der Waals surface area (Å²) in [7, 11) is -1.04. The smallest absolute Gasteiger partial charge is 0.208 e. The van der Waals surface area contributed by atoms with Crippen molar-refractivity contribution in [2.75, 3.05) is 32.9 Å². The lowest BCUT2D eigenvalue weighted by atomic mass is 10.1. The molecule has 2 atom stereocenters. The summed E-state index contributed by atoms with van der Waals surface area (Å²) in [5, 5.41) is 9.70. The summed E-state index contributed by atoms with van der Waals surface area (Å²) in [6.45, 7) is 2.24. The predicted molar refractivity (Wildman–Crippen MR) is 68.3 cm³/mol. The predicted octanol–water partition coefficient (Wildman–Crippen LogP) is 0.0185. The van der Waals surface area contributed by atoms with Gasteiger partial charge in [-0.1, -0.05) is 6.42 Å². The quantitative estimate of drug-likeness (QED) is 0.636. The normalized spacial score (nSPS) is 25.6. The van der Waals surface area contributed by atoms with Crippen molar-refractivity contribution in [3.05, 3.63) is 0 Å². The Balaban J connectivity index is 2.11. The molecule has 1 rings (SSSR count). The Morgan fingerprint density at radius 1 is 1.41 bits per heavy atom. The zero-order chi connectivity index (χ0) is 12.9. The molecule has 0 aromatic carbocycles. The maximum Gasteiger partial charge on any atom is 0.208 e. The van der Waals surface area contributed by atoms with E-state index < -0.39 is 10.0 Å². The van der Waals surface area contributed by atoms with E-state index in [0.29, 0.717) is 12.5 Å². The topological polar surface area (TPSA) is 69.6 Å². The molecule has 0 aromatic heterocycles. The van der Waals surface area contributed by atoms with Gasteiger partial charge in [0.05, 0.1) is 12.4 Å². The van der Waals surface area contributed by atoms with Gasteiger partial charge in [-0.15, -0.1) is 0 Å². The van der Waals surface area contributed by atoms with Crippen molar-refractivity contribution >= 4 is 10.0 Å². The summed E-state index contributed by atoms with van der Waals surface area (Å²) in [4.78, 5) is 2.17. The zero-order valence-electron chi connectivity index (χ0n) is 10.7. The van der Waals surface area contributed by atoms with Crippen LogP contribution in [0.5, 0.6) is 0 Å². The number of nitrogens with zero attached hydrogens (tertiary/aromatic N) is 1. The first-order chi connectivity index (χ1) is 7.88. The third-order valence-electron chi connectivity index (χ3n) is 3.25. The second-order valence-corrected chi connectivity index (χ2v) is 6.87. The van der Waals surface area contributed by atoms with Crippen LogP contribution >= 0.6 is 0 Å². The monoisotopic (exact) mass is 264 g/mol. The van der Waals surface area contributed by atoms with Gasteiger partial charge in [-0.25, -0.2) is 13.1 Å². The molecular formula is C11H24N2O3S. The first-order valence-electron chi connectivity index (χ1n) is 6.20. The number of sulfonamides is 1. The fourth-order valence-electron chi connectivity index (χ4n) is 2.33. The molecule has 2 unspecified atom stereocenters. The molecule has 0 spiro atoms. The highest BCUT2D eigenvalue weighted by molar-refractivity contribution is 7.88. The third-order valence-corrected chi connectivity index (χ3v) is 3.97. The summed E-state index contributed by atoms with van der Waals surface area (Å²) in [5.74, 6) is 0.392. The van der Waals surface area contributed by atoms with E-state index in [4.69, 9.17) is 0 Å². The van der Waals surface area contributed by atoms with Crippen molar-refractivity contribution in [2.24, 2.45) is 5.92 Å². The minimum Gasteiger partial charge on any atom is -0.393 e. The molecule has 5 nitrogen and oxygen atoms in total. The van der Waals surface area contributed by atoms with Gasteiger partial charge in [0.2, 0.25) is 10.0 Å². The van der Waals surface area contributed by atoms with Gasteiger partial charge < -0.3 is 10.0 Å². The van der Waals surface area contributed by atoms with E-state index in [2.05, 4.69) is 9.62 Å². The molecule has 2 N–H and O–H groups in total. The standard InChI is InChI=1S/C11H24N2O3S/c1-13(8-4-7-12-17(2,15)16)9-10-5-3-6-11(10)14/h10-12,14H,3-9H2,1-2H3. The fourth-order valence-corrected chi connectivity index (χ4v) is 2.84. The lowest BCUT2D eigenvalue weighted by Crippen LogP contribution is -2.32. The number of rotatable bonds is 7. The Bertz CT molecular complexity index is 319. The number of aliphatic hydroxyl groups excluding tert-OH is 1. The second-order valence-electron chi connectivity index (χ2n) is 5.04. The van der Waals surface area contributed by atoms with E-state index >= 15 is 0 Å². The number of nitrogens with one attached hydrogen (secondary N) is 1. The molecule has 1 fully saturated rings. The van der Waals surface area contributed by atoms with E-state index in [9.17, 15) is 13.5 Å². The minimum absolute atomic E-state index is 0.147. The van der Waals surface area contributed by atoms with Crippen LogP contribution in [0.2, 0.25) is 0 Å². The van der Waals surface area contributed by atoms with Crippen molar-refractivity contribution < 1.29 is 13.5 Å². The third kappa shape index (κ3) is 6.35. The molecule has 1 aliphatic rings. The van der Waals surface area contributed by atoms with Crippen LogP contribution in [0.1, 0.15) is 25.7 Å². The Labute approximate surface area is 104 Å². The summed E-state index contributed by atoms with van der Waals surface area (Å²) in [6, 6.07) is 0. The van der Waals surface area contributed by atoms with Crippen molar-refractivity contribution in [2.45, 2.75) is 31.8 Å². The summed E-state index contributed by atoms with van der Waals surface area (Å²) in [5.41, 5.74) is 0. The molecule has 0 saturated heterocycles. The van der Waals surface area contributed by atoms with Gasteiger partial charge in [0.1, 0.15) is 0 Å². The molecule has 0 amide bonds. The van der Waals surface area contributed by atoms with Gasteiger partial charge in [-0.3, -0.25) is 0 Å². The molecule has 1 saturated carbocycles. The maximum absolute atomic E-state index is 10.8. The Hall–Kier alpha value is -0.170. The second kappa shape index (κ2) is 6.68. The SMILES string of the molecule is CN(CCCNS(C)(=O)=O)CC1CCCC1O. The zero-order valence-corrected chi connectivity index (χ0v) is 11.5. The average molecular weight is 264 g/mol. The number of hydrogen-bond donors (Lipinski definition) is 2. The summed E-state index contributed by atoms with van der Waals surface area (Å²) < 4.78 is 24.2. The van der Waals surface area contributed by atoms with E-state index in [1.807, 2.05) is 7.05 Å². The summed E-state index contributed by atoms with van der Waals surface area (Å²) >= 11 is 0. The fraction of sp³-hybridized carbons (Fsp3) is 1.00. The van der Waals surface area contributed by atoms with Crippen LogP contribution in [0.25, 0.3) is 0 Å². The number of hydrogen-bond acceptors (Lipinski definition) is 4. The van der Waals surface area contributed by atoms with Gasteiger partial charge in [0, 0.05) is 13.1 Å². The van der Waals surface area contributed by atoms with Crippen LogP contribution in [-0.4, -0.2) is 57.5 Å². The van der Waals surface area contributed by atoms with Crippen LogP contribution in [-0.2, 0) is 10.0 Å². The van der Waals surface area contributed by atoms with E-state index in [1.165, 1.54) is 6.26 Å². The average Bonchev–Trinajstić information content (AvgIpc) is 2.58. The van der Waals surface area contributed by atoms with Crippen molar-refractivity contribution in [1.29, 1.82) is 0 Å². The van der Waals surface area contributed by atoms with Crippen LogP contribution in [0.4, 0.5) is 0 Å². The first kappa shape index (κ1) is 14.9. The van der Waals surface area contributed by atoms with E-state index in [1.54, 1.807) is 0 Å². The molecule has 1 aliphatic carbocycles. The van der Waals surface area contributed by atoms with Crippen LogP contribution in [0, 0.1) is 5.92 Å². The highest BCUT2D eigenvalue weighted by Gasteiger charge is 2.25. The molecule has 0 heterocycles. The van der Waals surface area contributed by atoms with E-state index in [-0.39, 0.29) is 6.10 Å². The molecule has 0 aliphatic heterocycles. The number of aliphatic hydroxyl groups is 1. The molecule has 0 radical (unpaired) electrons.